The lowest BCUT2D eigenvalue weighted by Crippen LogP contribution is -1.94. The Morgan fingerprint density at radius 2 is 2.00 bits per heavy atom. The number of rotatable bonds is 5. The van der Waals surface area contributed by atoms with Crippen molar-refractivity contribution in [3.63, 3.8) is 0 Å². The van der Waals surface area contributed by atoms with E-state index in [4.69, 9.17) is 4.74 Å². The zero-order chi connectivity index (χ0) is 15.2. The normalized spacial score (nSPS) is 10.8. The first kappa shape index (κ1) is 15.3. The Bertz CT molecular complexity index is 663. The molecule has 2 aromatic rings. The van der Waals surface area contributed by atoms with E-state index in [9.17, 15) is 9.90 Å². The van der Waals surface area contributed by atoms with Crippen molar-refractivity contribution >= 4 is 27.8 Å². The van der Waals surface area contributed by atoms with Crippen molar-refractivity contribution in [1.29, 1.82) is 0 Å². The van der Waals surface area contributed by atoms with Gasteiger partial charge in [-0.05, 0) is 46.6 Å². The maximum absolute atomic E-state index is 12.0. The van der Waals surface area contributed by atoms with E-state index in [1.807, 2.05) is 25.1 Å². The molecule has 0 saturated carbocycles. The summed E-state index contributed by atoms with van der Waals surface area (Å²) in [6, 6.07) is 12.5. The Morgan fingerprint density at radius 1 is 1.29 bits per heavy atom. The van der Waals surface area contributed by atoms with Gasteiger partial charge >= 0.3 is 0 Å². The molecule has 0 atom stereocenters. The summed E-state index contributed by atoms with van der Waals surface area (Å²) in [5.74, 6) is 0.375. The van der Waals surface area contributed by atoms with E-state index in [1.165, 1.54) is 6.08 Å². The minimum Gasteiger partial charge on any atom is -0.503 e. The number of ether oxygens (including phenoxy) is 1. The quantitative estimate of drug-likeness (QED) is 0.642. The van der Waals surface area contributed by atoms with E-state index in [-0.39, 0.29) is 11.5 Å². The average Bonchev–Trinajstić information content (AvgIpc) is 2.50. The van der Waals surface area contributed by atoms with Crippen LogP contribution in [0.3, 0.4) is 0 Å². The topological polar surface area (TPSA) is 46.5 Å². The van der Waals surface area contributed by atoms with Gasteiger partial charge < -0.3 is 9.84 Å². The number of carbonyl (C=O) groups is 1. The highest BCUT2D eigenvalue weighted by atomic mass is 79.9. The highest BCUT2D eigenvalue weighted by Crippen LogP contribution is 2.35. The molecular formula is C17H15BrO3. The summed E-state index contributed by atoms with van der Waals surface area (Å²) >= 11 is 3.27. The first-order chi connectivity index (χ1) is 10.1. The van der Waals surface area contributed by atoms with Gasteiger partial charge in [0.1, 0.15) is 0 Å². The Hall–Kier alpha value is -2.07. The number of allylic oxidation sites excluding steroid dienone is 1. The van der Waals surface area contributed by atoms with Crippen LogP contribution in [-0.4, -0.2) is 17.5 Å². The van der Waals surface area contributed by atoms with Gasteiger partial charge in [-0.15, -0.1) is 0 Å². The largest absolute Gasteiger partial charge is 0.503 e. The summed E-state index contributed by atoms with van der Waals surface area (Å²) in [5, 5.41) is 9.85. The third-order valence-corrected chi connectivity index (χ3v) is 3.44. The van der Waals surface area contributed by atoms with Crippen molar-refractivity contribution in [2.45, 2.75) is 6.92 Å². The number of ketones is 1. The van der Waals surface area contributed by atoms with Gasteiger partial charge in [-0.25, -0.2) is 0 Å². The van der Waals surface area contributed by atoms with Crippen molar-refractivity contribution in [3.05, 3.63) is 64.1 Å². The van der Waals surface area contributed by atoms with Gasteiger partial charge in [0.15, 0.2) is 17.3 Å². The minimum atomic E-state index is -0.0715. The highest BCUT2D eigenvalue weighted by molar-refractivity contribution is 9.10. The molecule has 0 bridgehead atoms. The monoisotopic (exact) mass is 346 g/mol. The van der Waals surface area contributed by atoms with Gasteiger partial charge in [0, 0.05) is 5.56 Å². The summed E-state index contributed by atoms with van der Waals surface area (Å²) in [6.07, 6.45) is 3.20. The fraction of sp³-hybridized carbons (Fsp3) is 0.118. The molecule has 21 heavy (non-hydrogen) atoms. The van der Waals surface area contributed by atoms with Crippen LogP contribution in [0.4, 0.5) is 0 Å². The molecule has 0 aliphatic heterocycles. The van der Waals surface area contributed by atoms with Crippen LogP contribution in [0.2, 0.25) is 0 Å². The summed E-state index contributed by atoms with van der Waals surface area (Å²) < 4.78 is 5.88. The zero-order valence-electron chi connectivity index (χ0n) is 11.5. The molecule has 0 aliphatic rings. The Labute approximate surface area is 132 Å². The second kappa shape index (κ2) is 7.09. The first-order valence-corrected chi connectivity index (χ1v) is 7.34. The number of hydrogen-bond donors (Lipinski definition) is 1. The number of phenolic OH excluding ortho intramolecular Hbond substituents is 1. The van der Waals surface area contributed by atoms with E-state index in [0.29, 0.717) is 22.4 Å². The molecule has 0 unspecified atom stereocenters. The predicted octanol–water partition coefficient (Wildman–Crippen LogP) is 4.45. The Kier molecular flexibility index (Phi) is 5.17. The van der Waals surface area contributed by atoms with Crippen LogP contribution in [0, 0.1) is 0 Å². The van der Waals surface area contributed by atoms with E-state index in [0.717, 1.165) is 5.56 Å². The number of phenols is 1. The summed E-state index contributed by atoms with van der Waals surface area (Å²) in [4.78, 5) is 12.0. The molecule has 0 fully saturated rings. The average molecular weight is 347 g/mol. The lowest BCUT2D eigenvalue weighted by atomic mass is 10.1. The molecule has 1 N–H and O–H groups in total. The fourth-order valence-electron chi connectivity index (χ4n) is 1.83. The van der Waals surface area contributed by atoms with E-state index in [2.05, 4.69) is 15.9 Å². The smallest absolute Gasteiger partial charge is 0.185 e. The maximum Gasteiger partial charge on any atom is 0.185 e. The van der Waals surface area contributed by atoms with Crippen LogP contribution in [0.1, 0.15) is 22.8 Å². The van der Waals surface area contributed by atoms with Gasteiger partial charge in [-0.1, -0.05) is 36.4 Å². The number of benzene rings is 2. The van der Waals surface area contributed by atoms with Gasteiger partial charge in [0.25, 0.3) is 0 Å². The third kappa shape index (κ3) is 3.95. The molecule has 0 saturated heterocycles. The molecule has 0 amide bonds. The van der Waals surface area contributed by atoms with Gasteiger partial charge in [-0.2, -0.15) is 0 Å². The minimum absolute atomic E-state index is 0.0587. The van der Waals surface area contributed by atoms with Crippen LogP contribution in [0.15, 0.2) is 53.0 Å². The Balaban J connectivity index is 2.23. The SMILES string of the molecule is CCOc1cc(/C=C/C(=O)c2ccccc2)cc(Br)c1O. The first-order valence-electron chi connectivity index (χ1n) is 6.54. The zero-order valence-corrected chi connectivity index (χ0v) is 13.1. The van der Waals surface area contributed by atoms with Crippen LogP contribution >= 0.6 is 15.9 Å². The molecule has 2 rings (SSSR count). The Morgan fingerprint density at radius 3 is 2.67 bits per heavy atom. The molecule has 0 aromatic heterocycles. The second-order valence-corrected chi connectivity index (χ2v) is 5.20. The second-order valence-electron chi connectivity index (χ2n) is 4.35. The van der Waals surface area contributed by atoms with Crippen LogP contribution in [0.25, 0.3) is 6.08 Å². The molecule has 0 radical (unpaired) electrons. The van der Waals surface area contributed by atoms with E-state index < -0.39 is 0 Å². The highest BCUT2D eigenvalue weighted by Gasteiger charge is 2.08. The molecular weight excluding hydrogens is 332 g/mol. The van der Waals surface area contributed by atoms with Crippen LogP contribution in [0.5, 0.6) is 11.5 Å². The van der Waals surface area contributed by atoms with Gasteiger partial charge in [-0.3, -0.25) is 4.79 Å². The van der Waals surface area contributed by atoms with Crippen molar-refractivity contribution in [3.8, 4) is 11.5 Å². The van der Waals surface area contributed by atoms with Crippen molar-refractivity contribution in [1.82, 2.24) is 0 Å². The van der Waals surface area contributed by atoms with Gasteiger partial charge in [0.2, 0.25) is 0 Å². The molecule has 0 spiro atoms. The summed E-state index contributed by atoms with van der Waals surface area (Å²) in [6.45, 7) is 2.30. The molecule has 3 nitrogen and oxygen atoms in total. The van der Waals surface area contributed by atoms with Crippen molar-refractivity contribution < 1.29 is 14.6 Å². The molecule has 0 aliphatic carbocycles. The summed E-state index contributed by atoms with van der Waals surface area (Å²) in [7, 11) is 0. The summed E-state index contributed by atoms with van der Waals surface area (Å²) in [5.41, 5.74) is 1.41. The molecule has 4 heteroatoms. The number of halogens is 1. The van der Waals surface area contributed by atoms with E-state index in [1.54, 1.807) is 30.3 Å². The third-order valence-electron chi connectivity index (χ3n) is 2.84. The standard InChI is InChI=1S/C17H15BrO3/c1-2-21-16-11-12(10-14(18)17(16)20)8-9-15(19)13-6-4-3-5-7-13/h3-11,20H,2H2,1H3/b9-8+. The predicted molar refractivity (Wildman–Crippen MR) is 86.8 cm³/mol. The fourth-order valence-corrected chi connectivity index (χ4v) is 2.29. The van der Waals surface area contributed by atoms with E-state index >= 15 is 0 Å². The van der Waals surface area contributed by atoms with Crippen molar-refractivity contribution in [2.75, 3.05) is 6.61 Å². The number of hydrogen-bond acceptors (Lipinski definition) is 3. The molecule has 0 heterocycles. The van der Waals surface area contributed by atoms with Crippen LogP contribution < -0.4 is 4.74 Å². The molecule has 108 valence electrons. The number of aromatic hydroxyl groups is 1. The van der Waals surface area contributed by atoms with Crippen LogP contribution in [-0.2, 0) is 0 Å². The lowest BCUT2D eigenvalue weighted by molar-refractivity contribution is 0.104. The van der Waals surface area contributed by atoms with Gasteiger partial charge in [0.05, 0.1) is 11.1 Å². The maximum atomic E-state index is 12.0. The molecule has 2 aromatic carbocycles. The number of carbonyl (C=O) groups excluding carboxylic acids is 1. The van der Waals surface area contributed by atoms with Crippen molar-refractivity contribution in [2.24, 2.45) is 0 Å². The lowest BCUT2D eigenvalue weighted by Gasteiger charge is -2.08.